The highest BCUT2D eigenvalue weighted by Gasteiger charge is 2.29. The molecule has 0 spiro atoms. The molecule has 1 aromatic carbocycles. The standard InChI is InChI=1S/C14H19N3O/c1-17-13-6-5-10(18-2)7-12(13)16-14(17)8-11(15)9-3-4-9/h5-7,9,11H,3-4,8,15H2,1-2H3. The third-order valence-electron chi connectivity index (χ3n) is 3.83. The van der Waals surface area contributed by atoms with Crippen molar-refractivity contribution < 1.29 is 4.74 Å². The van der Waals surface area contributed by atoms with Crippen molar-refractivity contribution in [3.8, 4) is 5.75 Å². The third-order valence-corrected chi connectivity index (χ3v) is 3.83. The Morgan fingerprint density at radius 3 is 2.94 bits per heavy atom. The van der Waals surface area contributed by atoms with Crippen molar-refractivity contribution >= 4 is 11.0 Å². The normalized spacial score (nSPS) is 17.1. The Morgan fingerprint density at radius 1 is 1.50 bits per heavy atom. The monoisotopic (exact) mass is 245 g/mol. The number of imidazole rings is 1. The maximum absolute atomic E-state index is 6.18. The summed E-state index contributed by atoms with van der Waals surface area (Å²) in [5, 5.41) is 0. The molecule has 0 bridgehead atoms. The SMILES string of the molecule is COc1ccc2c(c1)nc(CC(N)C1CC1)n2C. The summed E-state index contributed by atoms with van der Waals surface area (Å²) in [4.78, 5) is 4.67. The lowest BCUT2D eigenvalue weighted by molar-refractivity contribution is 0.415. The lowest BCUT2D eigenvalue weighted by atomic mass is 10.1. The molecule has 1 aromatic heterocycles. The predicted octanol–water partition coefficient (Wildman–Crippen LogP) is 1.86. The highest BCUT2D eigenvalue weighted by molar-refractivity contribution is 5.77. The van der Waals surface area contributed by atoms with Crippen LogP contribution in [0.5, 0.6) is 5.75 Å². The number of fused-ring (bicyclic) bond motifs is 1. The molecular formula is C14H19N3O. The molecule has 1 aliphatic carbocycles. The van der Waals surface area contributed by atoms with Crippen LogP contribution in [0.1, 0.15) is 18.7 Å². The topological polar surface area (TPSA) is 53.1 Å². The van der Waals surface area contributed by atoms with Crippen LogP contribution in [0.15, 0.2) is 18.2 Å². The molecule has 1 unspecified atom stereocenters. The van der Waals surface area contributed by atoms with Gasteiger partial charge in [-0.05, 0) is 30.9 Å². The number of hydrogen-bond acceptors (Lipinski definition) is 3. The minimum absolute atomic E-state index is 0.252. The van der Waals surface area contributed by atoms with Crippen molar-refractivity contribution in [2.75, 3.05) is 7.11 Å². The molecule has 1 fully saturated rings. The summed E-state index contributed by atoms with van der Waals surface area (Å²) in [6, 6.07) is 6.24. The molecule has 96 valence electrons. The van der Waals surface area contributed by atoms with Gasteiger partial charge in [-0.25, -0.2) is 4.98 Å². The summed E-state index contributed by atoms with van der Waals surface area (Å²) in [5.74, 6) is 2.62. The number of nitrogens with zero attached hydrogens (tertiary/aromatic N) is 2. The van der Waals surface area contributed by atoms with E-state index in [0.717, 1.165) is 29.0 Å². The van der Waals surface area contributed by atoms with E-state index < -0.39 is 0 Å². The fourth-order valence-electron chi connectivity index (χ4n) is 2.44. The lowest BCUT2D eigenvalue weighted by Gasteiger charge is -2.09. The fraction of sp³-hybridized carbons (Fsp3) is 0.500. The number of aryl methyl sites for hydroxylation is 1. The van der Waals surface area contributed by atoms with Crippen LogP contribution in [0.2, 0.25) is 0 Å². The molecule has 3 rings (SSSR count). The molecule has 1 aliphatic rings. The van der Waals surface area contributed by atoms with Crippen LogP contribution in [0.3, 0.4) is 0 Å². The molecule has 4 heteroatoms. The molecule has 2 aromatic rings. The molecule has 2 N–H and O–H groups in total. The first kappa shape index (κ1) is 11.5. The summed E-state index contributed by atoms with van der Waals surface area (Å²) in [6.45, 7) is 0. The number of methoxy groups -OCH3 is 1. The molecule has 0 amide bonds. The Labute approximate surface area is 107 Å². The third kappa shape index (κ3) is 1.97. The number of benzene rings is 1. The largest absolute Gasteiger partial charge is 0.497 e. The Kier molecular flexibility index (Phi) is 2.74. The first-order chi connectivity index (χ1) is 8.69. The maximum Gasteiger partial charge on any atom is 0.121 e. The van der Waals surface area contributed by atoms with E-state index in [1.165, 1.54) is 12.8 Å². The summed E-state index contributed by atoms with van der Waals surface area (Å²) >= 11 is 0. The molecule has 4 nitrogen and oxygen atoms in total. The Bertz CT molecular complexity index is 572. The van der Waals surface area contributed by atoms with Gasteiger partial charge in [-0.3, -0.25) is 0 Å². The number of ether oxygens (including phenoxy) is 1. The van der Waals surface area contributed by atoms with Crippen LogP contribution in [-0.4, -0.2) is 22.7 Å². The van der Waals surface area contributed by atoms with Gasteiger partial charge in [0, 0.05) is 25.6 Å². The van der Waals surface area contributed by atoms with E-state index in [1.807, 2.05) is 18.2 Å². The average Bonchev–Trinajstić information content (AvgIpc) is 3.17. The van der Waals surface area contributed by atoms with E-state index in [9.17, 15) is 0 Å². The molecule has 1 heterocycles. The first-order valence-corrected chi connectivity index (χ1v) is 6.44. The predicted molar refractivity (Wildman–Crippen MR) is 71.7 cm³/mol. The van der Waals surface area contributed by atoms with Crippen molar-refractivity contribution in [2.45, 2.75) is 25.3 Å². The smallest absolute Gasteiger partial charge is 0.121 e. The van der Waals surface area contributed by atoms with Gasteiger partial charge in [0.15, 0.2) is 0 Å². The van der Waals surface area contributed by atoms with Crippen LogP contribution in [0.4, 0.5) is 0 Å². The zero-order valence-corrected chi connectivity index (χ0v) is 10.9. The highest BCUT2D eigenvalue weighted by Crippen LogP contribution is 2.33. The van der Waals surface area contributed by atoms with E-state index in [4.69, 9.17) is 10.5 Å². The lowest BCUT2D eigenvalue weighted by Crippen LogP contribution is -2.26. The molecule has 1 saturated carbocycles. The number of hydrogen-bond donors (Lipinski definition) is 1. The van der Waals surface area contributed by atoms with Crippen molar-refractivity contribution in [1.29, 1.82) is 0 Å². The Morgan fingerprint density at radius 2 is 2.28 bits per heavy atom. The van der Waals surface area contributed by atoms with Crippen molar-refractivity contribution in [1.82, 2.24) is 9.55 Å². The van der Waals surface area contributed by atoms with Crippen LogP contribution >= 0.6 is 0 Å². The quantitative estimate of drug-likeness (QED) is 0.894. The van der Waals surface area contributed by atoms with E-state index in [1.54, 1.807) is 7.11 Å². The van der Waals surface area contributed by atoms with Crippen molar-refractivity contribution in [2.24, 2.45) is 18.7 Å². The van der Waals surface area contributed by atoms with Gasteiger partial charge in [0.1, 0.15) is 11.6 Å². The highest BCUT2D eigenvalue weighted by atomic mass is 16.5. The first-order valence-electron chi connectivity index (χ1n) is 6.44. The number of aromatic nitrogens is 2. The molecule has 0 saturated heterocycles. The molecule has 0 aliphatic heterocycles. The van der Waals surface area contributed by atoms with Crippen LogP contribution in [-0.2, 0) is 13.5 Å². The second kappa shape index (κ2) is 4.28. The minimum Gasteiger partial charge on any atom is -0.497 e. The summed E-state index contributed by atoms with van der Waals surface area (Å²) in [5.41, 5.74) is 8.29. The Hall–Kier alpha value is -1.55. The molecule has 18 heavy (non-hydrogen) atoms. The Balaban J connectivity index is 1.94. The maximum atomic E-state index is 6.18. The summed E-state index contributed by atoms with van der Waals surface area (Å²) < 4.78 is 7.36. The van der Waals surface area contributed by atoms with Gasteiger partial charge in [-0.15, -0.1) is 0 Å². The van der Waals surface area contributed by atoms with Gasteiger partial charge in [0.25, 0.3) is 0 Å². The van der Waals surface area contributed by atoms with Gasteiger partial charge < -0.3 is 15.0 Å². The zero-order chi connectivity index (χ0) is 12.7. The minimum atomic E-state index is 0.252. The van der Waals surface area contributed by atoms with Gasteiger partial charge in [0.2, 0.25) is 0 Å². The van der Waals surface area contributed by atoms with Gasteiger partial charge in [0.05, 0.1) is 18.1 Å². The zero-order valence-electron chi connectivity index (χ0n) is 10.9. The van der Waals surface area contributed by atoms with Crippen molar-refractivity contribution in [3.63, 3.8) is 0 Å². The second-order valence-electron chi connectivity index (χ2n) is 5.15. The second-order valence-corrected chi connectivity index (χ2v) is 5.15. The van der Waals surface area contributed by atoms with Gasteiger partial charge in [-0.1, -0.05) is 0 Å². The van der Waals surface area contributed by atoms with Crippen molar-refractivity contribution in [3.05, 3.63) is 24.0 Å². The number of nitrogens with two attached hydrogens (primary N) is 1. The molecular weight excluding hydrogens is 226 g/mol. The van der Waals surface area contributed by atoms with Gasteiger partial charge >= 0.3 is 0 Å². The van der Waals surface area contributed by atoms with E-state index in [2.05, 4.69) is 16.6 Å². The van der Waals surface area contributed by atoms with E-state index >= 15 is 0 Å². The van der Waals surface area contributed by atoms with Crippen LogP contribution in [0.25, 0.3) is 11.0 Å². The van der Waals surface area contributed by atoms with Gasteiger partial charge in [-0.2, -0.15) is 0 Å². The molecule has 1 atom stereocenters. The average molecular weight is 245 g/mol. The van der Waals surface area contributed by atoms with E-state index in [-0.39, 0.29) is 6.04 Å². The number of rotatable bonds is 4. The van der Waals surface area contributed by atoms with E-state index in [0.29, 0.717) is 5.92 Å². The van der Waals surface area contributed by atoms with Crippen LogP contribution in [0, 0.1) is 5.92 Å². The van der Waals surface area contributed by atoms with Crippen LogP contribution < -0.4 is 10.5 Å². The fourth-order valence-corrected chi connectivity index (χ4v) is 2.44. The summed E-state index contributed by atoms with van der Waals surface area (Å²) in [7, 11) is 3.73. The summed E-state index contributed by atoms with van der Waals surface area (Å²) in [6.07, 6.45) is 3.41. The molecule has 0 radical (unpaired) electrons.